The topological polar surface area (TPSA) is 97.0 Å². The van der Waals surface area contributed by atoms with Crippen LogP contribution in [0.2, 0.25) is 0 Å². The average Bonchev–Trinajstić information content (AvgIpc) is 2.77. The molecule has 0 spiro atoms. The Kier molecular flexibility index (Phi) is 4.05. The third-order valence-electron chi connectivity index (χ3n) is 2.80. The maximum Gasteiger partial charge on any atom is 0.244 e. The van der Waals surface area contributed by atoms with Crippen molar-refractivity contribution < 1.29 is 13.2 Å². The van der Waals surface area contributed by atoms with Gasteiger partial charge in [0.15, 0.2) is 0 Å². The highest BCUT2D eigenvalue weighted by Crippen LogP contribution is 2.17. The largest absolute Gasteiger partial charge is 0.481 e. The molecule has 0 amide bonds. The molecule has 7 nitrogen and oxygen atoms in total. The fraction of sp³-hybridized carbons (Fsp3) is 0.333. The normalized spacial score (nSPS) is 11.6. The van der Waals surface area contributed by atoms with Gasteiger partial charge in [-0.3, -0.25) is 5.10 Å². The number of nitrogens with one attached hydrogen (secondary N) is 2. The van der Waals surface area contributed by atoms with E-state index >= 15 is 0 Å². The maximum absolute atomic E-state index is 12.2. The zero-order valence-corrected chi connectivity index (χ0v) is 12.3. The van der Waals surface area contributed by atoms with Crippen molar-refractivity contribution >= 4 is 10.0 Å². The van der Waals surface area contributed by atoms with Crippen molar-refractivity contribution in [2.24, 2.45) is 0 Å². The smallest absolute Gasteiger partial charge is 0.244 e. The van der Waals surface area contributed by atoms with Gasteiger partial charge in [0.1, 0.15) is 4.90 Å². The van der Waals surface area contributed by atoms with E-state index in [0.717, 1.165) is 5.56 Å². The van der Waals surface area contributed by atoms with Gasteiger partial charge < -0.3 is 4.74 Å². The van der Waals surface area contributed by atoms with Crippen LogP contribution in [-0.4, -0.2) is 30.7 Å². The lowest BCUT2D eigenvalue weighted by molar-refractivity contribution is 0.397. The molecule has 0 fully saturated rings. The van der Waals surface area contributed by atoms with Crippen LogP contribution in [0.5, 0.6) is 5.88 Å². The molecule has 0 radical (unpaired) electrons. The van der Waals surface area contributed by atoms with Crippen molar-refractivity contribution in [1.82, 2.24) is 19.9 Å². The number of sulfonamides is 1. The van der Waals surface area contributed by atoms with Crippen LogP contribution >= 0.6 is 0 Å². The number of aryl methyl sites for hydroxylation is 2. The molecule has 0 saturated heterocycles. The first-order chi connectivity index (χ1) is 9.44. The van der Waals surface area contributed by atoms with Crippen LogP contribution < -0.4 is 9.46 Å². The first-order valence-corrected chi connectivity index (χ1v) is 7.42. The molecule has 0 aromatic carbocycles. The van der Waals surface area contributed by atoms with Crippen molar-refractivity contribution in [3.8, 4) is 5.88 Å². The molecular formula is C12H16N4O3S. The second-order valence-corrected chi connectivity index (χ2v) is 6.00. The Morgan fingerprint density at radius 3 is 2.75 bits per heavy atom. The number of rotatable bonds is 5. The Labute approximate surface area is 117 Å². The summed E-state index contributed by atoms with van der Waals surface area (Å²) in [4.78, 5) is 4.16. The second-order valence-electron chi connectivity index (χ2n) is 4.29. The summed E-state index contributed by atoms with van der Waals surface area (Å²) in [6.07, 6.45) is 1.57. The third kappa shape index (κ3) is 2.97. The molecule has 20 heavy (non-hydrogen) atoms. The molecular weight excluding hydrogens is 280 g/mol. The molecule has 2 heterocycles. The lowest BCUT2D eigenvalue weighted by Crippen LogP contribution is -2.24. The zero-order chi connectivity index (χ0) is 14.8. The van der Waals surface area contributed by atoms with Gasteiger partial charge in [0, 0.05) is 18.8 Å². The number of hydrogen-bond donors (Lipinski definition) is 2. The number of aromatic amines is 1. The lowest BCUT2D eigenvalue weighted by Gasteiger charge is -2.07. The number of hydrogen-bond acceptors (Lipinski definition) is 5. The Morgan fingerprint density at radius 1 is 1.40 bits per heavy atom. The minimum Gasteiger partial charge on any atom is -0.481 e. The molecule has 0 aliphatic rings. The van der Waals surface area contributed by atoms with Crippen molar-refractivity contribution in [2.45, 2.75) is 25.3 Å². The summed E-state index contributed by atoms with van der Waals surface area (Å²) in [5, 5.41) is 6.55. The highest BCUT2D eigenvalue weighted by atomic mass is 32.2. The fourth-order valence-corrected chi connectivity index (χ4v) is 3.24. The minimum absolute atomic E-state index is 0.158. The molecule has 0 saturated carbocycles. The van der Waals surface area contributed by atoms with Crippen molar-refractivity contribution in [3.05, 3.63) is 35.3 Å². The van der Waals surface area contributed by atoms with Gasteiger partial charge in [-0.05, 0) is 25.5 Å². The predicted molar refractivity (Wildman–Crippen MR) is 72.9 cm³/mol. The van der Waals surface area contributed by atoms with E-state index in [0.29, 0.717) is 17.3 Å². The van der Waals surface area contributed by atoms with Crippen molar-refractivity contribution in [1.29, 1.82) is 0 Å². The molecule has 2 rings (SSSR count). The first kappa shape index (κ1) is 14.5. The maximum atomic E-state index is 12.2. The number of aromatic nitrogens is 3. The molecule has 0 unspecified atom stereocenters. The first-order valence-electron chi connectivity index (χ1n) is 5.94. The van der Waals surface area contributed by atoms with E-state index in [9.17, 15) is 8.42 Å². The van der Waals surface area contributed by atoms with E-state index in [-0.39, 0.29) is 11.4 Å². The van der Waals surface area contributed by atoms with Gasteiger partial charge in [-0.15, -0.1) is 0 Å². The Hall–Kier alpha value is -1.93. The third-order valence-corrected chi connectivity index (χ3v) is 4.47. The van der Waals surface area contributed by atoms with Crippen LogP contribution in [0.15, 0.2) is 23.2 Å². The number of nitrogens with zero attached hydrogens (tertiary/aromatic N) is 2. The van der Waals surface area contributed by atoms with E-state index in [1.807, 2.05) is 0 Å². The van der Waals surface area contributed by atoms with Crippen LogP contribution in [0.25, 0.3) is 0 Å². The van der Waals surface area contributed by atoms with E-state index in [2.05, 4.69) is 19.9 Å². The number of H-pyrrole nitrogens is 1. The molecule has 108 valence electrons. The van der Waals surface area contributed by atoms with Gasteiger partial charge in [-0.1, -0.05) is 0 Å². The Balaban J connectivity index is 2.17. The molecule has 0 bridgehead atoms. The molecule has 0 aliphatic carbocycles. The molecule has 0 aliphatic heterocycles. The summed E-state index contributed by atoms with van der Waals surface area (Å²) in [5.74, 6) is 0.442. The zero-order valence-electron chi connectivity index (χ0n) is 11.5. The Bertz CT molecular complexity index is 690. The van der Waals surface area contributed by atoms with Gasteiger partial charge in [0.2, 0.25) is 15.9 Å². The molecule has 0 atom stereocenters. The van der Waals surface area contributed by atoms with Gasteiger partial charge >= 0.3 is 0 Å². The van der Waals surface area contributed by atoms with Crippen LogP contribution in [0, 0.1) is 13.8 Å². The summed E-state index contributed by atoms with van der Waals surface area (Å²) in [6, 6.07) is 3.40. The summed E-state index contributed by atoms with van der Waals surface area (Å²) in [5.41, 5.74) is 1.73. The standard InChI is InChI=1S/C12H16N4O3S/c1-8-12(9(2)16-15-8)20(17,18)14-7-10-4-5-13-11(6-10)19-3/h4-6,14H,7H2,1-3H3,(H,15,16). The van der Waals surface area contributed by atoms with E-state index in [1.165, 1.54) is 7.11 Å². The van der Waals surface area contributed by atoms with E-state index in [1.54, 1.807) is 32.2 Å². The fourth-order valence-electron chi connectivity index (χ4n) is 1.86. The van der Waals surface area contributed by atoms with Gasteiger partial charge in [0.25, 0.3) is 0 Å². The predicted octanol–water partition coefficient (Wildman–Crippen LogP) is 0.909. The minimum atomic E-state index is -3.60. The summed E-state index contributed by atoms with van der Waals surface area (Å²) >= 11 is 0. The number of pyridine rings is 1. The average molecular weight is 296 g/mol. The highest BCUT2D eigenvalue weighted by molar-refractivity contribution is 7.89. The van der Waals surface area contributed by atoms with Crippen LogP contribution in [-0.2, 0) is 16.6 Å². The summed E-state index contributed by atoms with van der Waals surface area (Å²) in [7, 11) is -2.09. The van der Waals surface area contributed by atoms with Crippen LogP contribution in [0.3, 0.4) is 0 Å². The van der Waals surface area contributed by atoms with Crippen LogP contribution in [0.1, 0.15) is 17.0 Å². The lowest BCUT2D eigenvalue weighted by atomic mass is 10.3. The van der Waals surface area contributed by atoms with E-state index in [4.69, 9.17) is 4.74 Å². The van der Waals surface area contributed by atoms with Crippen molar-refractivity contribution in [2.75, 3.05) is 7.11 Å². The molecule has 2 aromatic rings. The number of ether oxygens (including phenoxy) is 1. The highest BCUT2D eigenvalue weighted by Gasteiger charge is 2.21. The van der Waals surface area contributed by atoms with Gasteiger partial charge in [0.05, 0.1) is 18.5 Å². The monoisotopic (exact) mass is 296 g/mol. The van der Waals surface area contributed by atoms with E-state index < -0.39 is 10.0 Å². The quantitative estimate of drug-likeness (QED) is 0.854. The van der Waals surface area contributed by atoms with Crippen molar-refractivity contribution in [3.63, 3.8) is 0 Å². The summed E-state index contributed by atoms with van der Waals surface area (Å²) < 4.78 is 32.0. The van der Waals surface area contributed by atoms with Gasteiger partial charge in [-0.25, -0.2) is 18.1 Å². The SMILES string of the molecule is COc1cc(CNS(=O)(=O)c2c(C)n[nH]c2C)ccn1. The van der Waals surface area contributed by atoms with Gasteiger partial charge in [-0.2, -0.15) is 5.10 Å². The Morgan fingerprint density at radius 2 is 2.15 bits per heavy atom. The molecule has 8 heteroatoms. The second kappa shape index (κ2) is 5.59. The molecule has 2 aromatic heterocycles. The molecule has 2 N–H and O–H groups in total. The number of methoxy groups -OCH3 is 1. The summed E-state index contributed by atoms with van der Waals surface area (Å²) in [6.45, 7) is 3.48. The van der Waals surface area contributed by atoms with Crippen LogP contribution in [0.4, 0.5) is 0 Å².